The first-order chi connectivity index (χ1) is 13.5. The van der Waals surface area contributed by atoms with Gasteiger partial charge in [-0.2, -0.15) is 5.26 Å². The molecule has 1 amide bonds. The van der Waals surface area contributed by atoms with Gasteiger partial charge in [0.15, 0.2) is 23.9 Å². The van der Waals surface area contributed by atoms with Crippen molar-refractivity contribution in [2.24, 2.45) is 0 Å². The Morgan fingerprint density at radius 3 is 2.39 bits per heavy atom. The molecule has 0 bridgehead atoms. The molecule has 0 aromatic heterocycles. The molecule has 0 unspecified atom stereocenters. The average Bonchev–Trinajstić information content (AvgIpc) is 2.71. The van der Waals surface area contributed by atoms with Gasteiger partial charge in [-0.25, -0.2) is 0 Å². The maximum Gasteiger partial charge on any atom is 0.260 e. The molecule has 0 heterocycles. The molecule has 6 nitrogen and oxygen atoms in total. The first-order valence-electron chi connectivity index (χ1n) is 9.07. The lowest BCUT2D eigenvalue weighted by atomic mass is 10.1. The van der Waals surface area contributed by atoms with E-state index >= 15 is 0 Å². The van der Waals surface area contributed by atoms with Gasteiger partial charge in [0.2, 0.25) is 0 Å². The number of Topliss-reactive ketones (excluding diaryl/α,β-unsaturated/α-hetero) is 1. The number of hydrogen-bond acceptors (Lipinski definition) is 5. The summed E-state index contributed by atoms with van der Waals surface area (Å²) in [5.74, 6) is 0.603. The van der Waals surface area contributed by atoms with Gasteiger partial charge >= 0.3 is 0 Å². The Morgan fingerprint density at radius 1 is 1.11 bits per heavy atom. The van der Waals surface area contributed by atoms with Crippen molar-refractivity contribution in [1.82, 2.24) is 4.90 Å². The summed E-state index contributed by atoms with van der Waals surface area (Å²) in [6, 6.07) is 14.1. The molecular weight excluding hydrogens is 356 g/mol. The molecule has 28 heavy (non-hydrogen) atoms. The highest BCUT2D eigenvalue weighted by Crippen LogP contribution is 2.28. The quantitative estimate of drug-likeness (QED) is 0.621. The molecule has 6 heteroatoms. The Balaban J connectivity index is 2.05. The van der Waals surface area contributed by atoms with Crippen molar-refractivity contribution in [3.05, 3.63) is 59.2 Å². The van der Waals surface area contributed by atoms with Gasteiger partial charge in [-0.3, -0.25) is 9.59 Å². The highest BCUT2D eigenvalue weighted by Gasteiger charge is 2.16. The summed E-state index contributed by atoms with van der Waals surface area (Å²) in [5.41, 5.74) is 2.05. The minimum atomic E-state index is -0.149. The van der Waals surface area contributed by atoms with Gasteiger partial charge in [0.25, 0.3) is 5.91 Å². The van der Waals surface area contributed by atoms with Crippen LogP contribution in [0, 0.1) is 11.3 Å². The number of rotatable bonds is 9. The largest absolute Gasteiger partial charge is 0.493 e. The molecule has 0 saturated carbocycles. The Kier molecular flexibility index (Phi) is 7.58. The number of hydrogen-bond donors (Lipinski definition) is 0. The number of methoxy groups -OCH3 is 1. The zero-order chi connectivity index (χ0) is 20.5. The number of benzene rings is 2. The number of carbonyl (C=O) groups is 2. The molecule has 2 rings (SSSR count). The summed E-state index contributed by atoms with van der Waals surface area (Å²) < 4.78 is 10.9. The minimum absolute atomic E-state index is 0.0718. The van der Waals surface area contributed by atoms with Crippen molar-refractivity contribution in [1.29, 1.82) is 5.26 Å². The highest BCUT2D eigenvalue weighted by molar-refractivity contribution is 5.94. The van der Waals surface area contributed by atoms with Gasteiger partial charge < -0.3 is 14.4 Å². The molecule has 0 aliphatic carbocycles. The molecule has 0 aliphatic rings. The van der Waals surface area contributed by atoms with Gasteiger partial charge in [0.05, 0.1) is 18.7 Å². The van der Waals surface area contributed by atoms with Crippen LogP contribution in [-0.2, 0) is 11.3 Å². The topological polar surface area (TPSA) is 79.6 Å². The van der Waals surface area contributed by atoms with Crippen molar-refractivity contribution in [3.8, 4) is 17.6 Å². The summed E-state index contributed by atoms with van der Waals surface area (Å²) in [6.45, 7) is 4.39. The lowest BCUT2D eigenvalue weighted by molar-refractivity contribution is -0.134. The van der Waals surface area contributed by atoms with Gasteiger partial charge in [0.1, 0.15) is 0 Å². The van der Waals surface area contributed by atoms with E-state index in [1.807, 2.05) is 19.1 Å². The fourth-order valence-corrected chi connectivity index (χ4v) is 2.70. The predicted octanol–water partition coefficient (Wildman–Crippen LogP) is 3.59. The summed E-state index contributed by atoms with van der Waals surface area (Å²) >= 11 is 0. The minimum Gasteiger partial charge on any atom is -0.493 e. The van der Waals surface area contributed by atoms with E-state index < -0.39 is 0 Å². The Bertz CT molecular complexity index is 869. The molecule has 0 fully saturated rings. The van der Waals surface area contributed by atoms with Crippen LogP contribution >= 0.6 is 0 Å². The van der Waals surface area contributed by atoms with Crippen LogP contribution in [-0.4, -0.2) is 36.9 Å². The predicted molar refractivity (Wildman–Crippen MR) is 105 cm³/mol. The van der Waals surface area contributed by atoms with Gasteiger partial charge in [-0.15, -0.1) is 0 Å². The standard InChI is InChI=1S/C22H24N2O4/c1-4-11-24(14-18-7-5-17(13-23)6-8-18)22(26)15-28-20-10-9-19(16(2)25)12-21(20)27-3/h5-10,12H,4,11,14-15H2,1-3H3. The van der Waals surface area contributed by atoms with Gasteiger partial charge in [-0.05, 0) is 49.2 Å². The van der Waals surface area contributed by atoms with E-state index in [0.29, 0.717) is 35.7 Å². The van der Waals surface area contributed by atoms with E-state index in [-0.39, 0.29) is 18.3 Å². The van der Waals surface area contributed by atoms with Crippen LogP contribution in [0.1, 0.15) is 41.8 Å². The molecule has 0 N–H and O–H groups in total. The second-order valence-corrected chi connectivity index (χ2v) is 6.33. The lowest BCUT2D eigenvalue weighted by Crippen LogP contribution is -2.35. The number of nitriles is 1. The number of nitrogens with zero attached hydrogens (tertiary/aromatic N) is 2. The fourth-order valence-electron chi connectivity index (χ4n) is 2.70. The maximum atomic E-state index is 12.7. The number of ketones is 1. The third kappa shape index (κ3) is 5.58. The van der Waals surface area contributed by atoms with Crippen molar-refractivity contribution < 1.29 is 19.1 Å². The second kappa shape index (κ2) is 10.1. The van der Waals surface area contributed by atoms with Crippen LogP contribution in [0.4, 0.5) is 0 Å². The smallest absolute Gasteiger partial charge is 0.260 e. The van der Waals surface area contributed by atoms with Crippen LogP contribution in [0.3, 0.4) is 0 Å². The van der Waals surface area contributed by atoms with Gasteiger partial charge in [-0.1, -0.05) is 19.1 Å². The van der Waals surface area contributed by atoms with E-state index in [9.17, 15) is 9.59 Å². The molecule has 2 aromatic rings. The molecule has 146 valence electrons. The van der Waals surface area contributed by atoms with Crippen molar-refractivity contribution >= 4 is 11.7 Å². The fraction of sp³-hybridized carbons (Fsp3) is 0.318. The Hall–Kier alpha value is -3.33. The van der Waals surface area contributed by atoms with Crippen LogP contribution in [0.2, 0.25) is 0 Å². The number of amides is 1. The van der Waals surface area contributed by atoms with Crippen molar-refractivity contribution in [2.75, 3.05) is 20.3 Å². The van der Waals surface area contributed by atoms with Crippen LogP contribution in [0.5, 0.6) is 11.5 Å². The molecule has 0 aliphatic heterocycles. The summed E-state index contributed by atoms with van der Waals surface area (Å²) in [6.07, 6.45) is 0.818. The van der Waals surface area contributed by atoms with E-state index in [1.165, 1.54) is 14.0 Å². The Morgan fingerprint density at radius 2 is 1.82 bits per heavy atom. The SMILES string of the molecule is CCCN(Cc1ccc(C#N)cc1)C(=O)COc1ccc(C(C)=O)cc1OC. The number of ether oxygens (including phenoxy) is 2. The first kappa shape index (κ1) is 21.0. The normalized spacial score (nSPS) is 10.1. The first-order valence-corrected chi connectivity index (χ1v) is 9.07. The van der Waals surface area contributed by atoms with Crippen molar-refractivity contribution in [2.45, 2.75) is 26.8 Å². The van der Waals surface area contributed by atoms with Crippen LogP contribution < -0.4 is 9.47 Å². The van der Waals surface area contributed by atoms with E-state index in [4.69, 9.17) is 14.7 Å². The maximum absolute atomic E-state index is 12.7. The zero-order valence-electron chi connectivity index (χ0n) is 16.4. The monoisotopic (exact) mass is 380 g/mol. The second-order valence-electron chi connectivity index (χ2n) is 6.33. The average molecular weight is 380 g/mol. The van der Waals surface area contributed by atoms with Gasteiger partial charge in [0, 0.05) is 18.7 Å². The summed E-state index contributed by atoms with van der Waals surface area (Å²) in [5, 5.41) is 8.89. The Labute approximate surface area is 165 Å². The van der Waals surface area contributed by atoms with Crippen LogP contribution in [0.25, 0.3) is 0 Å². The third-order valence-corrected chi connectivity index (χ3v) is 4.22. The van der Waals surface area contributed by atoms with Crippen molar-refractivity contribution in [3.63, 3.8) is 0 Å². The van der Waals surface area contributed by atoms with E-state index in [0.717, 1.165) is 12.0 Å². The molecule has 0 atom stereocenters. The van der Waals surface area contributed by atoms with Crippen LogP contribution in [0.15, 0.2) is 42.5 Å². The van der Waals surface area contributed by atoms with E-state index in [1.54, 1.807) is 35.2 Å². The lowest BCUT2D eigenvalue weighted by Gasteiger charge is -2.22. The third-order valence-electron chi connectivity index (χ3n) is 4.22. The summed E-state index contributed by atoms with van der Waals surface area (Å²) in [7, 11) is 1.49. The number of carbonyl (C=O) groups excluding carboxylic acids is 2. The molecule has 0 radical (unpaired) electrons. The molecule has 2 aromatic carbocycles. The molecule has 0 saturated heterocycles. The summed E-state index contributed by atoms with van der Waals surface area (Å²) in [4.78, 5) is 25.9. The molecular formula is C22H24N2O4. The zero-order valence-corrected chi connectivity index (χ0v) is 16.4. The molecule has 0 spiro atoms. The highest BCUT2D eigenvalue weighted by atomic mass is 16.5. The van der Waals surface area contributed by atoms with E-state index in [2.05, 4.69) is 6.07 Å².